The van der Waals surface area contributed by atoms with E-state index in [9.17, 15) is 5.11 Å². The molecule has 1 aromatic heterocycles. The first-order valence-electron chi connectivity index (χ1n) is 5.09. The normalized spacial score (nSPS) is 29.3. The molecule has 2 heterocycles. The molecule has 3 nitrogen and oxygen atoms in total. The lowest BCUT2D eigenvalue weighted by atomic mass is 9.97. The molecule has 1 aliphatic heterocycles. The molecule has 0 amide bonds. The average Bonchev–Trinajstić information content (AvgIpc) is 2.75. The lowest BCUT2D eigenvalue weighted by Gasteiger charge is -2.20. The fourth-order valence-corrected chi connectivity index (χ4v) is 1.96. The second kappa shape index (κ2) is 4.15. The number of hydrogen-bond acceptors (Lipinski definition) is 3. The van der Waals surface area contributed by atoms with Gasteiger partial charge in [0.05, 0.1) is 18.5 Å². The number of aliphatic hydroxyl groups is 1. The molecule has 0 aliphatic carbocycles. The Bertz CT molecular complexity index is 268. The quantitative estimate of drug-likeness (QED) is 0.798. The summed E-state index contributed by atoms with van der Waals surface area (Å²) in [5.74, 6) is 1.26. The van der Waals surface area contributed by atoms with Crippen LogP contribution in [-0.4, -0.2) is 23.9 Å². The minimum Gasteiger partial charge on any atom is -0.469 e. The first-order valence-corrected chi connectivity index (χ1v) is 5.09. The van der Waals surface area contributed by atoms with Gasteiger partial charge in [0, 0.05) is 13.0 Å². The molecule has 0 bridgehead atoms. The van der Waals surface area contributed by atoms with Crippen LogP contribution < -0.4 is 0 Å². The summed E-state index contributed by atoms with van der Waals surface area (Å²) in [5.41, 5.74) is 0. The van der Waals surface area contributed by atoms with Crippen molar-refractivity contribution in [3.63, 3.8) is 0 Å². The third-order valence-electron chi connectivity index (χ3n) is 2.81. The topological polar surface area (TPSA) is 42.6 Å². The van der Waals surface area contributed by atoms with Gasteiger partial charge in [0.2, 0.25) is 0 Å². The highest BCUT2D eigenvalue weighted by molar-refractivity contribution is 5.01. The molecule has 1 fully saturated rings. The zero-order valence-electron chi connectivity index (χ0n) is 8.35. The van der Waals surface area contributed by atoms with Crippen LogP contribution >= 0.6 is 0 Å². The number of hydrogen-bond donors (Lipinski definition) is 1. The molecule has 1 aromatic rings. The Labute approximate surface area is 83.7 Å². The molecule has 2 rings (SSSR count). The van der Waals surface area contributed by atoms with Gasteiger partial charge < -0.3 is 14.3 Å². The van der Waals surface area contributed by atoms with E-state index < -0.39 is 6.10 Å². The molecule has 3 heteroatoms. The lowest BCUT2D eigenvalue weighted by molar-refractivity contribution is -0.0178. The molecule has 3 atom stereocenters. The average molecular weight is 196 g/mol. The van der Waals surface area contributed by atoms with Gasteiger partial charge in [-0.1, -0.05) is 6.92 Å². The second-order valence-corrected chi connectivity index (χ2v) is 3.95. The van der Waals surface area contributed by atoms with Crippen LogP contribution in [0.15, 0.2) is 22.8 Å². The van der Waals surface area contributed by atoms with Gasteiger partial charge in [-0.05, 0) is 24.5 Å². The molecule has 0 saturated carbocycles. The van der Waals surface area contributed by atoms with Crippen molar-refractivity contribution in [1.82, 2.24) is 0 Å². The highest BCUT2D eigenvalue weighted by Gasteiger charge is 2.31. The van der Waals surface area contributed by atoms with E-state index in [1.807, 2.05) is 12.1 Å². The Kier molecular flexibility index (Phi) is 2.89. The SMILES string of the molecule is CC1CCOC1C(O)Cc1ccco1. The molecule has 3 unspecified atom stereocenters. The molecular formula is C11H16O3. The summed E-state index contributed by atoms with van der Waals surface area (Å²) in [5, 5.41) is 9.91. The zero-order chi connectivity index (χ0) is 9.97. The maximum absolute atomic E-state index is 9.91. The van der Waals surface area contributed by atoms with Gasteiger partial charge in [0.15, 0.2) is 0 Å². The molecule has 0 aromatic carbocycles. The van der Waals surface area contributed by atoms with Crippen LogP contribution in [0.4, 0.5) is 0 Å². The van der Waals surface area contributed by atoms with Crippen LogP contribution in [0.3, 0.4) is 0 Å². The summed E-state index contributed by atoms with van der Waals surface area (Å²) in [4.78, 5) is 0. The first-order chi connectivity index (χ1) is 6.77. The van der Waals surface area contributed by atoms with Crippen LogP contribution in [0, 0.1) is 5.92 Å². The van der Waals surface area contributed by atoms with Crippen molar-refractivity contribution < 1.29 is 14.3 Å². The molecule has 78 valence electrons. The van der Waals surface area contributed by atoms with Crippen LogP contribution in [0.25, 0.3) is 0 Å². The van der Waals surface area contributed by atoms with E-state index in [1.54, 1.807) is 6.26 Å². The van der Waals surface area contributed by atoms with Crippen molar-refractivity contribution in [1.29, 1.82) is 0 Å². The van der Waals surface area contributed by atoms with Gasteiger partial charge in [-0.25, -0.2) is 0 Å². The second-order valence-electron chi connectivity index (χ2n) is 3.95. The Balaban J connectivity index is 1.92. The van der Waals surface area contributed by atoms with Crippen molar-refractivity contribution in [2.75, 3.05) is 6.61 Å². The summed E-state index contributed by atoms with van der Waals surface area (Å²) in [6, 6.07) is 3.71. The molecule has 1 N–H and O–H groups in total. The summed E-state index contributed by atoms with van der Waals surface area (Å²) in [6.07, 6.45) is 2.74. The lowest BCUT2D eigenvalue weighted by Crippen LogP contribution is -2.31. The van der Waals surface area contributed by atoms with Crippen molar-refractivity contribution >= 4 is 0 Å². The summed E-state index contributed by atoms with van der Waals surface area (Å²) in [6.45, 7) is 2.88. The number of ether oxygens (including phenoxy) is 1. The largest absolute Gasteiger partial charge is 0.469 e. The number of aliphatic hydroxyl groups excluding tert-OH is 1. The minimum absolute atomic E-state index is 0.0277. The van der Waals surface area contributed by atoms with Crippen molar-refractivity contribution in [2.45, 2.75) is 32.0 Å². The Morgan fingerprint density at radius 3 is 3.07 bits per heavy atom. The van der Waals surface area contributed by atoms with E-state index in [0.717, 1.165) is 18.8 Å². The van der Waals surface area contributed by atoms with E-state index in [1.165, 1.54) is 0 Å². The van der Waals surface area contributed by atoms with Gasteiger partial charge in [-0.15, -0.1) is 0 Å². The van der Waals surface area contributed by atoms with Crippen molar-refractivity contribution in [3.8, 4) is 0 Å². The molecule has 1 saturated heterocycles. The van der Waals surface area contributed by atoms with Crippen LogP contribution in [0.1, 0.15) is 19.1 Å². The third-order valence-corrected chi connectivity index (χ3v) is 2.81. The molecule has 0 spiro atoms. The maximum atomic E-state index is 9.91. The Morgan fingerprint density at radius 1 is 1.64 bits per heavy atom. The van der Waals surface area contributed by atoms with Gasteiger partial charge in [-0.2, -0.15) is 0 Å². The predicted molar refractivity (Wildman–Crippen MR) is 51.9 cm³/mol. The third kappa shape index (κ3) is 1.99. The summed E-state index contributed by atoms with van der Waals surface area (Å²) in [7, 11) is 0. The van der Waals surface area contributed by atoms with E-state index in [-0.39, 0.29) is 6.10 Å². The standard InChI is InChI=1S/C11H16O3/c1-8-4-6-14-11(8)10(12)7-9-3-2-5-13-9/h2-3,5,8,10-12H,4,6-7H2,1H3. The highest BCUT2D eigenvalue weighted by atomic mass is 16.5. The number of rotatable bonds is 3. The monoisotopic (exact) mass is 196 g/mol. The fraction of sp³-hybridized carbons (Fsp3) is 0.636. The number of furan rings is 1. The van der Waals surface area contributed by atoms with Crippen molar-refractivity contribution in [3.05, 3.63) is 24.2 Å². The first kappa shape index (κ1) is 9.74. The van der Waals surface area contributed by atoms with Gasteiger partial charge in [0.1, 0.15) is 5.76 Å². The van der Waals surface area contributed by atoms with Gasteiger partial charge in [0.25, 0.3) is 0 Å². The maximum Gasteiger partial charge on any atom is 0.106 e. The highest BCUT2D eigenvalue weighted by Crippen LogP contribution is 2.24. The van der Waals surface area contributed by atoms with Crippen LogP contribution in [0.5, 0.6) is 0 Å². The molecule has 14 heavy (non-hydrogen) atoms. The molecule has 1 aliphatic rings. The minimum atomic E-state index is -0.446. The summed E-state index contributed by atoms with van der Waals surface area (Å²) < 4.78 is 10.7. The van der Waals surface area contributed by atoms with Gasteiger partial charge >= 0.3 is 0 Å². The molecular weight excluding hydrogens is 180 g/mol. The van der Waals surface area contributed by atoms with E-state index in [2.05, 4.69) is 6.92 Å². The van der Waals surface area contributed by atoms with E-state index >= 15 is 0 Å². The molecule has 0 radical (unpaired) electrons. The van der Waals surface area contributed by atoms with Crippen LogP contribution in [-0.2, 0) is 11.2 Å². The van der Waals surface area contributed by atoms with E-state index in [0.29, 0.717) is 12.3 Å². The van der Waals surface area contributed by atoms with Gasteiger partial charge in [-0.3, -0.25) is 0 Å². The van der Waals surface area contributed by atoms with Crippen molar-refractivity contribution in [2.24, 2.45) is 5.92 Å². The van der Waals surface area contributed by atoms with E-state index in [4.69, 9.17) is 9.15 Å². The predicted octanol–water partition coefficient (Wildman–Crippen LogP) is 1.61. The van der Waals surface area contributed by atoms with Crippen LogP contribution in [0.2, 0.25) is 0 Å². The summed E-state index contributed by atoms with van der Waals surface area (Å²) >= 11 is 0. The smallest absolute Gasteiger partial charge is 0.106 e. The Morgan fingerprint density at radius 2 is 2.50 bits per heavy atom. The zero-order valence-corrected chi connectivity index (χ0v) is 8.35. The fourth-order valence-electron chi connectivity index (χ4n) is 1.96. The Hall–Kier alpha value is -0.800.